The lowest BCUT2D eigenvalue weighted by Gasteiger charge is -2.36. The first-order valence-corrected chi connectivity index (χ1v) is 11.0. The van der Waals surface area contributed by atoms with Gasteiger partial charge in [-0.3, -0.25) is 0 Å². The minimum atomic E-state index is -0.444. The summed E-state index contributed by atoms with van der Waals surface area (Å²) in [6.45, 7) is 7.89. The number of anilines is 1. The predicted octanol–water partition coefficient (Wildman–Crippen LogP) is 4.38. The molecule has 1 aromatic rings. The molecule has 0 aromatic heterocycles. The summed E-state index contributed by atoms with van der Waals surface area (Å²) in [7, 11) is 0. The maximum absolute atomic E-state index is 12.3. The Balaban J connectivity index is 1.43. The number of guanidine groups is 1. The van der Waals surface area contributed by atoms with E-state index in [4.69, 9.17) is 10.5 Å². The third-order valence-corrected chi connectivity index (χ3v) is 6.33. The molecule has 2 aliphatic heterocycles. The van der Waals surface area contributed by atoms with Crippen LogP contribution in [-0.4, -0.2) is 41.7 Å². The van der Waals surface area contributed by atoms with Gasteiger partial charge >= 0.3 is 6.09 Å². The van der Waals surface area contributed by atoms with E-state index in [1.165, 1.54) is 42.5 Å². The molecule has 2 fully saturated rings. The predicted molar refractivity (Wildman–Crippen MR) is 116 cm³/mol. The zero-order valence-corrected chi connectivity index (χ0v) is 18.0. The first-order valence-electron chi connectivity index (χ1n) is 11.0. The van der Waals surface area contributed by atoms with Gasteiger partial charge in [0.15, 0.2) is 5.96 Å². The van der Waals surface area contributed by atoms with Gasteiger partial charge in [-0.2, -0.15) is 0 Å². The van der Waals surface area contributed by atoms with E-state index >= 15 is 0 Å². The molecule has 29 heavy (non-hydrogen) atoms. The first-order chi connectivity index (χ1) is 13.8. The third kappa shape index (κ3) is 4.36. The van der Waals surface area contributed by atoms with Crippen LogP contribution in [0.2, 0.25) is 0 Å². The summed E-state index contributed by atoms with van der Waals surface area (Å²) in [4.78, 5) is 21.0. The zero-order chi connectivity index (χ0) is 20.6. The Morgan fingerprint density at radius 2 is 1.83 bits per heavy atom. The van der Waals surface area contributed by atoms with Crippen molar-refractivity contribution in [2.24, 2.45) is 10.7 Å². The fourth-order valence-electron chi connectivity index (χ4n) is 4.85. The topological polar surface area (TPSA) is 71.2 Å². The van der Waals surface area contributed by atoms with Gasteiger partial charge in [0.25, 0.3) is 0 Å². The van der Waals surface area contributed by atoms with Crippen LogP contribution in [0, 0.1) is 0 Å². The molecular formula is C23H34N4O2. The van der Waals surface area contributed by atoms with Gasteiger partial charge in [-0.1, -0.05) is 25.0 Å². The lowest BCUT2D eigenvalue weighted by atomic mass is 9.88. The number of amides is 1. The van der Waals surface area contributed by atoms with Crippen molar-refractivity contribution in [3.63, 3.8) is 0 Å². The lowest BCUT2D eigenvalue weighted by Crippen LogP contribution is -2.46. The summed E-state index contributed by atoms with van der Waals surface area (Å²) >= 11 is 0. The number of likely N-dealkylation sites (tertiary alicyclic amines) is 1. The number of carbonyl (C=O) groups excluding carboxylic acids is 1. The van der Waals surface area contributed by atoms with Crippen LogP contribution in [-0.2, 0) is 11.3 Å². The van der Waals surface area contributed by atoms with Gasteiger partial charge in [-0.15, -0.1) is 0 Å². The van der Waals surface area contributed by atoms with E-state index in [0.717, 1.165) is 25.9 Å². The van der Waals surface area contributed by atoms with Crippen LogP contribution >= 0.6 is 0 Å². The van der Waals surface area contributed by atoms with E-state index in [1.54, 1.807) is 0 Å². The SMILES string of the molecule is CC(C)(C)OC(=O)N1CCC(c2ccc3c(c2)CN=C(N)N3C2CCCC2)CC1. The largest absolute Gasteiger partial charge is 0.444 e. The van der Waals surface area contributed by atoms with Gasteiger partial charge in [0.2, 0.25) is 0 Å². The molecule has 6 heteroatoms. The van der Waals surface area contributed by atoms with Crippen LogP contribution in [0.3, 0.4) is 0 Å². The number of benzene rings is 1. The van der Waals surface area contributed by atoms with Gasteiger partial charge in [-0.25, -0.2) is 9.79 Å². The molecule has 1 amide bonds. The Morgan fingerprint density at radius 1 is 1.14 bits per heavy atom. The Morgan fingerprint density at radius 3 is 2.48 bits per heavy atom. The lowest BCUT2D eigenvalue weighted by molar-refractivity contribution is 0.0205. The normalized spacial score (nSPS) is 21.1. The molecule has 0 radical (unpaired) electrons. The summed E-state index contributed by atoms with van der Waals surface area (Å²) in [5, 5.41) is 0. The minimum absolute atomic E-state index is 0.196. The number of rotatable bonds is 2. The summed E-state index contributed by atoms with van der Waals surface area (Å²) in [6.07, 6.45) is 6.68. The number of ether oxygens (including phenoxy) is 1. The van der Waals surface area contributed by atoms with E-state index < -0.39 is 5.60 Å². The van der Waals surface area contributed by atoms with Crippen LogP contribution in [0.5, 0.6) is 0 Å². The van der Waals surface area contributed by atoms with E-state index in [0.29, 0.717) is 24.5 Å². The highest BCUT2D eigenvalue weighted by Gasteiger charge is 2.31. The summed E-state index contributed by atoms with van der Waals surface area (Å²) in [5.74, 6) is 1.14. The molecule has 1 aromatic carbocycles. The molecule has 1 aliphatic carbocycles. The standard InChI is InChI=1S/C23H34N4O2/c1-23(2,3)29-22(28)26-12-10-16(11-13-26)17-8-9-20-18(14-17)15-25-21(24)27(20)19-6-4-5-7-19/h8-9,14,16,19H,4-7,10-13,15H2,1-3H3,(H2,24,25). The van der Waals surface area contributed by atoms with Gasteiger partial charge in [-0.05, 0) is 69.6 Å². The second-order valence-electron chi connectivity index (χ2n) is 9.61. The van der Waals surface area contributed by atoms with Crippen LogP contribution in [0.1, 0.15) is 76.3 Å². The number of hydrogen-bond acceptors (Lipinski definition) is 5. The molecular weight excluding hydrogens is 364 g/mol. The number of aliphatic imine (C=N–C) groups is 1. The maximum atomic E-state index is 12.3. The van der Waals surface area contributed by atoms with E-state index in [9.17, 15) is 4.79 Å². The second-order valence-corrected chi connectivity index (χ2v) is 9.61. The molecule has 1 saturated heterocycles. The zero-order valence-electron chi connectivity index (χ0n) is 18.0. The minimum Gasteiger partial charge on any atom is -0.444 e. The van der Waals surface area contributed by atoms with Crippen molar-refractivity contribution < 1.29 is 9.53 Å². The fourth-order valence-corrected chi connectivity index (χ4v) is 4.85. The molecule has 4 rings (SSSR count). The van der Waals surface area contributed by atoms with Crippen LogP contribution in [0.15, 0.2) is 23.2 Å². The van der Waals surface area contributed by atoms with E-state index in [-0.39, 0.29) is 6.09 Å². The Hall–Kier alpha value is -2.24. The number of fused-ring (bicyclic) bond motifs is 1. The smallest absolute Gasteiger partial charge is 0.410 e. The van der Waals surface area contributed by atoms with Crippen molar-refractivity contribution in [1.29, 1.82) is 0 Å². The van der Waals surface area contributed by atoms with Crippen molar-refractivity contribution in [1.82, 2.24) is 4.90 Å². The molecule has 2 heterocycles. The molecule has 6 nitrogen and oxygen atoms in total. The highest BCUT2D eigenvalue weighted by atomic mass is 16.6. The van der Waals surface area contributed by atoms with E-state index in [2.05, 4.69) is 28.1 Å². The van der Waals surface area contributed by atoms with Gasteiger partial charge in [0.05, 0.1) is 6.54 Å². The Bertz CT molecular complexity index is 785. The Labute approximate surface area is 174 Å². The summed E-state index contributed by atoms with van der Waals surface area (Å²) in [5.41, 5.74) is 9.69. The molecule has 0 unspecified atom stereocenters. The maximum Gasteiger partial charge on any atom is 0.410 e. The number of piperidine rings is 1. The molecule has 0 spiro atoms. The first kappa shape index (κ1) is 20.0. The average molecular weight is 399 g/mol. The molecule has 0 atom stereocenters. The monoisotopic (exact) mass is 398 g/mol. The van der Waals surface area contributed by atoms with Crippen molar-refractivity contribution >= 4 is 17.7 Å². The molecule has 158 valence electrons. The Kier molecular flexibility index (Phi) is 5.45. The van der Waals surface area contributed by atoms with Crippen molar-refractivity contribution in [3.8, 4) is 0 Å². The van der Waals surface area contributed by atoms with E-state index in [1.807, 2.05) is 25.7 Å². The van der Waals surface area contributed by atoms with Crippen molar-refractivity contribution in [2.75, 3.05) is 18.0 Å². The molecule has 1 saturated carbocycles. The quantitative estimate of drug-likeness (QED) is 0.803. The van der Waals surface area contributed by atoms with Crippen molar-refractivity contribution in [2.45, 2.75) is 83.4 Å². The molecule has 2 N–H and O–H groups in total. The molecule has 3 aliphatic rings. The third-order valence-electron chi connectivity index (χ3n) is 6.33. The average Bonchev–Trinajstić information content (AvgIpc) is 3.20. The van der Waals surface area contributed by atoms with Crippen molar-refractivity contribution in [3.05, 3.63) is 29.3 Å². The van der Waals surface area contributed by atoms with Crippen LogP contribution in [0.4, 0.5) is 10.5 Å². The number of nitrogens with zero attached hydrogens (tertiary/aromatic N) is 3. The fraction of sp³-hybridized carbons (Fsp3) is 0.652. The van der Waals surface area contributed by atoms with Crippen LogP contribution in [0.25, 0.3) is 0 Å². The second kappa shape index (κ2) is 7.88. The summed E-state index contributed by atoms with van der Waals surface area (Å²) < 4.78 is 5.52. The van der Waals surface area contributed by atoms with Gasteiger partial charge < -0.3 is 20.3 Å². The van der Waals surface area contributed by atoms with Gasteiger partial charge in [0, 0.05) is 24.8 Å². The highest BCUT2D eigenvalue weighted by Crippen LogP contribution is 2.36. The summed E-state index contributed by atoms with van der Waals surface area (Å²) in [6, 6.07) is 7.31. The molecule has 0 bridgehead atoms. The number of carbonyl (C=O) groups is 1. The van der Waals surface area contributed by atoms with Gasteiger partial charge in [0.1, 0.15) is 5.60 Å². The van der Waals surface area contributed by atoms with Crippen LogP contribution < -0.4 is 10.6 Å². The number of nitrogens with two attached hydrogens (primary N) is 1. The highest BCUT2D eigenvalue weighted by molar-refractivity contribution is 5.97. The number of hydrogen-bond donors (Lipinski definition) is 1.